The van der Waals surface area contributed by atoms with Gasteiger partial charge >= 0.3 is 0 Å². The van der Waals surface area contributed by atoms with Gasteiger partial charge in [-0.05, 0) is 40.2 Å². The maximum absolute atomic E-state index is 14.2. The van der Waals surface area contributed by atoms with Crippen molar-refractivity contribution in [2.24, 2.45) is 0 Å². The number of rotatable bonds is 3. The predicted octanol–water partition coefficient (Wildman–Crippen LogP) is 4.87. The molecule has 0 radical (unpaired) electrons. The summed E-state index contributed by atoms with van der Waals surface area (Å²) in [7, 11) is 0. The minimum Gasteiger partial charge on any atom is -0.278 e. The second kappa shape index (κ2) is 6.02. The molecule has 2 aromatic heterocycles. The van der Waals surface area contributed by atoms with E-state index in [-0.39, 0.29) is 5.82 Å². The number of hydrogen-bond donors (Lipinski definition) is 0. The van der Waals surface area contributed by atoms with Crippen molar-refractivity contribution in [1.82, 2.24) is 14.5 Å². The van der Waals surface area contributed by atoms with Gasteiger partial charge in [-0.2, -0.15) is 0 Å². The Kier molecular flexibility index (Phi) is 4.28. The minimum absolute atomic E-state index is 0.335. The molecule has 0 bridgehead atoms. The zero-order chi connectivity index (χ0) is 15.0. The molecular formula is C14H9Br2ClFN3. The zero-order valence-corrected chi connectivity index (χ0v) is 14.6. The molecule has 0 fully saturated rings. The number of halogens is 4. The number of pyridine rings is 1. The van der Waals surface area contributed by atoms with Crippen molar-refractivity contribution in [2.45, 2.75) is 6.42 Å². The van der Waals surface area contributed by atoms with Gasteiger partial charge in [0.15, 0.2) is 5.65 Å². The number of benzene rings is 1. The van der Waals surface area contributed by atoms with Gasteiger partial charge in [-0.3, -0.25) is 4.57 Å². The smallest absolute Gasteiger partial charge is 0.164 e. The van der Waals surface area contributed by atoms with Crippen LogP contribution in [0.5, 0.6) is 0 Å². The first kappa shape index (κ1) is 14.9. The van der Waals surface area contributed by atoms with E-state index in [1.165, 1.54) is 6.07 Å². The van der Waals surface area contributed by atoms with E-state index in [9.17, 15) is 4.39 Å². The number of imidazole rings is 1. The van der Waals surface area contributed by atoms with Gasteiger partial charge in [-0.25, -0.2) is 14.4 Å². The summed E-state index contributed by atoms with van der Waals surface area (Å²) in [6.07, 6.45) is 2.20. The molecule has 0 spiro atoms. The molecule has 0 N–H and O–H groups in total. The number of hydrogen-bond acceptors (Lipinski definition) is 2. The Morgan fingerprint density at radius 3 is 2.76 bits per heavy atom. The van der Waals surface area contributed by atoms with Crippen LogP contribution in [0, 0.1) is 5.82 Å². The standard InChI is InChI=1S/C14H9Br2ClFN3/c15-8-1-2-10(18)12(6-8)21-13(3-4-17)20-11-5-9(16)7-19-14(11)21/h1-2,5-7H,3-4H2. The largest absolute Gasteiger partial charge is 0.278 e. The van der Waals surface area contributed by atoms with Gasteiger partial charge in [0.2, 0.25) is 0 Å². The van der Waals surface area contributed by atoms with Crippen LogP contribution in [0.25, 0.3) is 16.9 Å². The molecule has 0 atom stereocenters. The number of fused-ring (bicyclic) bond motifs is 1. The molecule has 0 amide bonds. The van der Waals surface area contributed by atoms with Gasteiger partial charge in [-0.15, -0.1) is 11.6 Å². The topological polar surface area (TPSA) is 30.7 Å². The Balaban J connectivity index is 2.33. The molecule has 21 heavy (non-hydrogen) atoms. The number of aryl methyl sites for hydroxylation is 1. The molecule has 3 nitrogen and oxygen atoms in total. The van der Waals surface area contributed by atoms with Crippen molar-refractivity contribution in [3.05, 3.63) is 51.0 Å². The molecule has 2 heterocycles. The Morgan fingerprint density at radius 2 is 2.00 bits per heavy atom. The lowest BCUT2D eigenvalue weighted by atomic mass is 10.3. The molecule has 0 saturated heterocycles. The molecule has 0 saturated carbocycles. The molecule has 0 aliphatic heterocycles. The van der Waals surface area contributed by atoms with E-state index < -0.39 is 0 Å². The number of aromatic nitrogens is 3. The summed E-state index contributed by atoms with van der Waals surface area (Å²) >= 11 is 12.6. The van der Waals surface area contributed by atoms with Crippen molar-refractivity contribution >= 4 is 54.6 Å². The fourth-order valence-corrected chi connectivity index (χ4v) is 2.99. The van der Waals surface area contributed by atoms with Gasteiger partial charge in [0.05, 0.1) is 5.69 Å². The van der Waals surface area contributed by atoms with Crippen molar-refractivity contribution in [2.75, 3.05) is 5.88 Å². The van der Waals surface area contributed by atoms with Crippen LogP contribution in [-0.4, -0.2) is 20.4 Å². The van der Waals surface area contributed by atoms with E-state index in [4.69, 9.17) is 11.6 Å². The second-order valence-electron chi connectivity index (χ2n) is 4.39. The zero-order valence-electron chi connectivity index (χ0n) is 10.7. The molecule has 3 aromatic rings. The van der Waals surface area contributed by atoms with Gasteiger partial charge in [0, 0.05) is 27.4 Å². The minimum atomic E-state index is -0.335. The Hall–Kier alpha value is -0.980. The molecule has 0 unspecified atom stereocenters. The summed E-state index contributed by atoms with van der Waals surface area (Å²) in [4.78, 5) is 8.87. The van der Waals surface area contributed by atoms with E-state index in [0.717, 1.165) is 8.95 Å². The number of nitrogens with zero attached hydrogens (tertiary/aromatic N) is 3. The SMILES string of the molecule is Fc1ccc(Br)cc1-n1c(CCCl)nc2cc(Br)cnc21. The quantitative estimate of drug-likeness (QED) is 0.552. The van der Waals surface area contributed by atoms with Crippen molar-refractivity contribution < 1.29 is 4.39 Å². The Bertz CT molecular complexity index is 819. The highest BCUT2D eigenvalue weighted by atomic mass is 79.9. The fourth-order valence-electron chi connectivity index (χ4n) is 2.15. The first-order valence-corrected chi connectivity index (χ1v) is 8.26. The average molecular weight is 434 g/mol. The maximum Gasteiger partial charge on any atom is 0.164 e. The number of alkyl halides is 1. The van der Waals surface area contributed by atoms with Crippen LogP contribution < -0.4 is 0 Å². The van der Waals surface area contributed by atoms with Gasteiger partial charge in [0.1, 0.15) is 17.2 Å². The van der Waals surface area contributed by atoms with E-state index in [1.54, 1.807) is 22.9 Å². The third-order valence-electron chi connectivity index (χ3n) is 3.00. The monoisotopic (exact) mass is 431 g/mol. The summed E-state index contributed by atoms with van der Waals surface area (Å²) in [6, 6.07) is 6.63. The summed E-state index contributed by atoms with van der Waals surface area (Å²) in [5.41, 5.74) is 1.71. The molecule has 3 rings (SSSR count). The Morgan fingerprint density at radius 1 is 1.19 bits per heavy atom. The van der Waals surface area contributed by atoms with Crippen LogP contribution in [0.2, 0.25) is 0 Å². The lowest BCUT2D eigenvalue weighted by Crippen LogP contribution is -2.05. The normalized spacial score (nSPS) is 11.2. The van der Waals surface area contributed by atoms with E-state index in [2.05, 4.69) is 41.8 Å². The van der Waals surface area contributed by atoms with Gasteiger partial charge in [-0.1, -0.05) is 15.9 Å². The van der Waals surface area contributed by atoms with Gasteiger partial charge in [0.25, 0.3) is 0 Å². The molecule has 7 heteroatoms. The Labute approximate surface area is 142 Å². The van der Waals surface area contributed by atoms with E-state index in [1.807, 2.05) is 6.07 Å². The predicted molar refractivity (Wildman–Crippen MR) is 88.6 cm³/mol. The summed E-state index contributed by atoms with van der Waals surface area (Å²) in [6.45, 7) is 0. The first-order chi connectivity index (χ1) is 10.1. The maximum atomic E-state index is 14.2. The van der Waals surface area contributed by atoms with Crippen LogP contribution in [0.4, 0.5) is 4.39 Å². The van der Waals surface area contributed by atoms with Crippen LogP contribution in [-0.2, 0) is 6.42 Å². The van der Waals surface area contributed by atoms with E-state index in [0.29, 0.717) is 35.0 Å². The molecular weight excluding hydrogens is 424 g/mol. The van der Waals surface area contributed by atoms with Crippen molar-refractivity contribution in [3.63, 3.8) is 0 Å². The lowest BCUT2D eigenvalue weighted by molar-refractivity contribution is 0.616. The third-order valence-corrected chi connectivity index (χ3v) is 4.12. The van der Waals surface area contributed by atoms with Crippen molar-refractivity contribution in [1.29, 1.82) is 0 Å². The summed E-state index contributed by atoms with van der Waals surface area (Å²) in [5.74, 6) is 0.751. The molecule has 0 aliphatic carbocycles. The van der Waals surface area contributed by atoms with E-state index >= 15 is 0 Å². The highest BCUT2D eigenvalue weighted by Crippen LogP contribution is 2.26. The summed E-state index contributed by atoms with van der Waals surface area (Å²) < 4.78 is 17.5. The molecule has 1 aromatic carbocycles. The third kappa shape index (κ3) is 2.84. The van der Waals surface area contributed by atoms with Crippen molar-refractivity contribution in [3.8, 4) is 5.69 Å². The van der Waals surface area contributed by atoms with Crippen LogP contribution in [0.1, 0.15) is 5.82 Å². The average Bonchev–Trinajstić information content (AvgIpc) is 2.79. The second-order valence-corrected chi connectivity index (χ2v) is 6.60. The summed E-state index contributed by atoms with van der Waals surface area (Å²) in [5, 5.41) is 0. The van der Waals surface area contributed by atoms with Gasteiger partial charge < -0.3 is 0 Å². The van der Waals surface area contributed by atoms with Crippen LogP contribution >= 0.6 is 43.5 Å². The highest BCUT2D eigenvalue weighted by molar-refractivity contribution is 9.10. The first-order valence-electron chi connectivity index (χ1n) is 6.14. The lowest BCUT2D eigenvalue weighted by Gasteiger charge is -2.09. The fraction of sp³-hybridized carbons (Fsp3) is 0.143. The molecule has 108 valence electrons. The van der Waals surface area contributed by atoms with Crippen LogP contribution in [0.3, 0.4) is 0 Å². The molecule has 0 aliphatic rings. The highest BCUT2D eigenvalue weighted by Gasteiger charge is 2.16. The van der Waals surface area contributed by atoms with Crippen LogP contribution in [0.15, 0.2) is 39.4 Å².